The summed E-state index contributed by atoms with van der Waals surface area (Å²) >= 11 is 0. The lowest BCUT2D eigenvalue weighted by Crippen LogP contribution is -2.40. The van der Waals surface area contributed by atoms with Crippen LogP contribution in [0.5, 0.6) is 0 Å². The van der Waals surface area contributed by atoms with Gasteiger partial charge in [0.1, 0.15) is 0 Å². The van der Waals surface area contributed by atoms with Crippen molar-refractivity contribution < 1.29 is 0 Å². The molecule has 0 aromatic carbocycles. The summed E-state index contributed by atoms with van der Waals surface area (Å²) in [4.78, 5) is 5.45. The van der Waals surface area contributed by atoms with Crippen molar-refractivity contribution in [2.75, 3.05) is 39.3 Å². The third kappa shape index (κ3) is 5.41. The van der Waals surface area contributed by atoms with Gasteiger partial charge in [-0.1, -0.05) is 25.7 Å². The molecule has 3 nitrogen and oxygen atoms in total. The lowest BCUT2D eigenvalue weighted by atomic mass is 10.1. The maximum absolute atomic E-state index is 5.52. The highest BCUT2D eigenvalue weighted by Gasteiger charge is 2.27. The fraction of sp³-hybridized carbons (Fsp3) is 1.00. The molecule has 2 N–H and O–H groups in total. The number of hydrogen-bond acceptors (Lipinski definition) is 3. The van der Waals surface area contributed by atoms with E-state index < -0.39 is 0 Å². The lowest BCUT2D eigenvalue weighted by Gasteiger charge is -2.32. The highest BCUT2D eigenvalue weighted by Crippen LogP contribution is 2.20. The van der Waals surface area contributed by atoms with Gasteiger partial charge in [-0.05, 0) is 64.8 Å². The Bertz CT molecular complexity index is 226. The van der Waals surface area contributed by atoms with Gasteiger partial charge in [0.05, 0.1) is 0 Å². The molecular formula is C16H33N3. The van der Waals surface area contributed by atoms with Gasteiger partial charge < -0.3 is 10.6 Å². The van der Waals surface area contributed by atoms with E-state index in [2.05, 4.69) is 9.80 Å². The summed E-state index contributed by atoms with van der Waals surface area (Å²) in [7, 11) is 0. The van der Waals surface area contributed by atoms with Crippen LogP contribution in [0.1, 0.15) is 57.8 Å². The molecule has 0 bridgehead atoms. The second kappa shape index (κ2) is 8.93. The average molecular weight is 267 g/mol. The van der Waals surface area contributed by atoms with Gasteiger partial charge in [0.15, 0.2) is 0 Å². The lowest BCUT2D eigenvalue weighted by molar-refractivity contribution is 0.162. The van der Waals surface area contributed by atoms with E-state index in [1.165, 1.54) is 90.5 Å². The van der Waals surface area contributed by atoms with Crippen molar-refractivity contribution in [1.29, 1.82) is 0 Å². The number of rotatable bonds is 8. The first kappa shape index (κ1) is 15.3. The molecular weight excluding hydrogens is 234 g/mol. The van der Waals surface area contributed by atoms with Crippen molar-refractivity contribution in [2.24, 2.45) is 5.73 Å². The van der Waals surface area contributed by atoms with Crippen molar-refractivity contribution in [2.45, 2.75) is 63.8 Å². The van der Waals surface area contributed by atoms with Crippen LogP contribution >= 0.6 is 0 Å². The van der Waals surface area contributed by atoms with E-state index in [0.29, 0.717) is 0 Å². The van der Waals surface area contributed by atoms with Gasteiger partial charge in [-0.3, -0.25) is 4.90 Å². The maximum atomic E-state index is 5.52. The zero-order chi connectivity index (χ0) is 13.3. The number of nitrogens with zero attached hydrogens (tertiary/aromatic N) is 2. The third-order valence-corrected chi connectivity index (χ3v) is 4.83. The number of piperidine rings is 1. The van der Waals surface area contributed by atoms with Crippen LogP contribution in [0.4, 0.5) is 0 Å². The van der Waals surface area contributed by atoms with Crippen molar-refractivity contribution in [1.82, 2.24) is 9.80 Å². The largest absolute Gasteiger partial charge is 0.330 e. The Balaban J connectivity index is 1.52. The first-order valence-corrected chi connectivity index (χ1v) is 8.56. The molecule has 1 atom stereocenters. The molecule has 0 aliphatic carbocycles. The Morgan fingerprint density at radius 1 is 0.842 bits per heavy atom. The zero-order valence-electron chi connectivity index (χ0n) is 12.7. The topological polar surface area (TPSA) is 32.5 Å². The van der Waals surface area contributed by atoms with E-state index >= 15 is 0 Å². The normalized spacial score (nSPS) is 26.1. The second-order valence-corrected chi connectivity index (χ2v) is 6.40. The highest BCUT2D eigenvalue weighted by atomic mass is 15.3. The minimum atomic E-state index is 0.865. The van der Waals surface area contributed by atoms with Gasteiger partial charge in [0.2, 0.25) is 0 Å². The van der Waals surface area contributed by atoms with Crippen molar-refractivity contribution in [3.05, 3.63) is 0 Å². The number of hydrogen-bond donors (Lipinski definition) is 1. The highest BCUT2D eigenvalue weighted by molar-refractivity contribution is 4.84. The standard InChI is InChI=1S/C16H33N3/c17-10-5-2-1-3-6-11-18-14-9-16(15-18)19-12-7-4-8-13-19/h16H,1-15,17H2. The summed E-state index contributed by atoms with van der Waals surface area (Å²) in [6, 6.07) is 0.873. The first-order valence-electron chi connectivity index (χ1n) is 8.56. The Morgan fingerprint density at radius 2 is 1.58 bits per heavy atom. The average Bonchev–Trinajstić information content (AvgIpc) is 2.92. The monoisotopic (exact) mass is 267 g/mol. The van der Waals surface area contributed by atoms with Crippen LogP contribution in [0.25, 0.3) is 0 Å². The first-order chi connectivity index (χ1) is 9.40. The molecule has 0 aromatic rings. The van der Waals surface area contributed by atoms with Crippen LogP contribution in [0.15, 0.2) is 0 Å². The molecule has 1 unspecified atom stereocenters. The molecule has 0 amide bonds. The Hall–Kier alpha value is -0.120. The molecule has 3 heteroatoms. The number of likely N-dealkylation sites (tertiary alicyclic amines) is 2. The quantitative estimate of drug-likeness (QED) is 0.686. The van der Waals surface area contributed by atoms with Crippen LogP contribution in [0.3, 0.4) is 0 Å². The maximum Gasteiger partial charge on any atom is 0.0235 e. The number of unbranched alkanes of at least 4 members (excludes halogenated alkanes) is 4. The fourth-order valence-electron chi connectivity index (χ4n) is 3.61. The Labute approximate surface area is 119 Å². The predicted octanol–water partition coefficient (Wildman–Crippen LogP) is 2.46. The van der Waals surface area contributed by atoms with Gasteiger partial charge in [-0.25, -0.2) is 0 Å². The third-order valence-electron chi connectivity index (χ3n) is 4.83. The van der Waals surface area contributed by atoms with Crippen molar-refractivity contribution >= 4 is 0 Å². The van der Waals surface area contributed by atoms with Crippen LogP contribution < -0.4 is 5.73 Å². The van der Waals surface area contributed by atoms with Gasteiger partial charge in [-0.15, -0.1) is 0 Å². The van der Waals surface area contributed by atoms with Gasteiger partial charge in [0.25, 0.3) is 0 Å². The summed E-state index contributed by atoms with van der Waals surface area (Å²) in [5, 5.41) is 0. The molecule has 2 heterocycles. The van der Waals surface area contributed by atoms with Gasteiger partial charge in [0, 0.05) is 12.6 Å². The minimum absolute atomic E-state index is 0.865. The Morgan fingerprint density at radius 3 is 2.37 bits per heavy atom. The van der Waals surface area contributed by atoms with Crippen LogP contribution in [-0.2, 0) is 0 Å². The van der Waals surface area contributed by atoms with E-state index in [9.17, 15) is 0 Å². The molecule has 112 valence electrons. The number of nitrogens with two attached hydrogens (primary N) is 1. The molecule has 0 spiro atoms. The van der Waals surface area contributed by atoms with E-state index in [0.717, 1.165) is 12.6 Å². The fourth-order valence-corrected chi connectivity index (χ4v) is 3.61. The summed E-state index contributed by atoms with van der Waals surface area (Å²) in [6.07, 6.45) is 12.4. The summed E-state index contributed by atoms with van der Waals surface area (Å²) < 4.78 is 0. The molecule has 2 aliphatic rings. The van der Waals surface area contributed by atoms with Crippen LogP contribution in [-0.4, -0.2) is 55.1 Å². The molecule has 0 saturated carbocycles. The molecule has 0 radical (unpaired) electrons. The van der Waals surface area contributed by atoms with E-state index in [4.69, 9.17) is 5.73 Å². The molecule has 19 heavy (non-hydrogen) atoms. The minimum Gasteiger partial charge on any atom is -0.330 e. The molecule has 2 fully saturated rings. The second-order valence-electron chi connectivity index (χ2n) is 6.40. The van der Waals surface area contributed by atoms with E-state index in [-0.39, 0.29) is 0 Å². The summed E-state index contributed by atoms with van der Waals surface area (Å²) in [6.45, 7) is 7.58. The molecule has 2 rings (SSSR count). The zero-order valence-corrected chi connectivity index (χ0v) is 12.7. The molecule has 0 aromatic heterocycles. The Kier molecular flexibility index (Phi) is 7.18. The SMILES string of the molecule is NCCCCCCCN1CCC(N2CCCCC2)C1. The van der Waals surface area contributed by atoms with Gasteiger partial charge in [-0.2, -0.15) is 0 Å². The van der Waals surface area contributed by atoms with Crippen LogP contribution in [0, 0.1) is 0 Å². The molecule has 2 aliphatic heterocycles. The van der Waals surface area contributed by atoms with Gasteiger partial charge >= 0.3 is 0 Å². The van der Waals surface area contributed by atoms with E-state index in [1.807, 2.05) is 0 Å². The molecule has 2 saturated heterocycles. The van der Waals surface area contributed by atoms with Crippen LogP contribution in [0.2, 0.25) is 0 Å². The van der Waals surface area contributed by atoms with Crippen molar-refractivity contribution in [3.63, 3.8) is 0 Å². The summed E-state index contributed by atoms with van der Waals surface area (Å²) in [5.41, 5.74) is 5.52. The smallest absolute Gasteiger partial charge is 0.0235 e. The summed E-state index contributed by atoms with van der Waals surface area (Å²) in [5.74, 6) is 0. The predicted molar refractivity (Wildman–Crippen MR) is 82.4 cm³/mol. The van der Waals surface area contributed by atoms with E-state index in [1.54, 1.807) is 0 Å². The van der Waals surface area contributed by atoms with Crippen molar-refractivity contribution in [3.8, 4) is 0 Å².